The fraction of sp³-hybridized carbons (Fsp3) is 0.278. The van der Waals surface area contributed by atoms with Crippen molar-refractivity contribution in [1.29, 1.82) is 0 Å². The summed E-state index contributed by atoms with van der Waals surface area (Å²) < 4.78 is 13.8. The van der Waals surface area contributed by atoms with Crippen molar-refractivity contribution in [3.05, 3.63) is 59.9 Å². The van der Waals surface area contributed by atoms with Crippen molar-refractivity contribution in [2.75, 3.05) is 0 Å². The molecule has 2 aromatic carbocycles. The number of rotatable bonds is 6. The minimum Gasteiger partial charge on any atom is -0.481 e. The molecular formula is C18H19FO2. The monoisotopic (exact) mass is 286 g/mol. The molecule has 2 nitrogen and oxygen atoms in total. The Kier molecular flexibility index (Phi) is 5.09. The third-order valence-electron chi connectivity index (χ3n) is 3.56. The Bertz CT molecular complexity index is 622. The van der Waals surface area contributed by atoms with E-state index in [2.05, 4.69) is 0 Å². The predicted molar refractivity (Wildman–Crippen MR) is 81.6 cm³/mol. The molecule has 0 bridgehead atoms. The topological polar surface area (TPSA) is 37.3 Å². The molecule has 0 amide bonds. The molecule has 0 aliphatic carbocycles. The Morgan fingerprint density at radius 2 is 1.95 bits per heavy atom. The molecule has 2 rings (SSSR count). The smallest absolute Gasteiger partial charge is 0.303 e. The van der Waals surface area contributed by atoms with Crippen LogP contribution in [0.2, 0.25) is 0 Å². The Hall–Kier alpha value is -2.16. The summed E-state index contributed by atoms with van der Waals surface area (Å²) in [5, 5.41) is 8.76. The largest absolute Gasteiger partial charge is 0.481 e. The van der Waals surface area contributed by atoms with Crippen molar-refractivity contribution in [3.8, 4) is 11.1 Å². The number of halogens is 1. The summed E-state index contributed by atoms with van der Waals surface area (Å²) in [4.78, 5) is 10.7. The molecule has 0 aliphatic rings. The van der Waals surface area contributed by atoms with Crippen molar-refractivity contribution in [1.82, 2.24) is 0 Å². The summed E-state index contributed by atoms with van der Waals surface area (Å²) in [7, 11) is 0. The molecule has 1 unspecified atom stereocenters. The molecule has 0 radical (unpaired) electrons. The highest BCUT2D eigenvalue weighted by Gasteiger charge is 2.09. The number of hydrogen-bond donors (Lipinski definition) is 1. The summed E-state index contributed by atoms with van der Waals surface area (Å²) in [6.45, 7) is 1.94. The minimum atomic E-state index is -0.761. The lowest BCUT2D eigenvalue weighted by molar-refractivity contribution is -0.138. The van der Waals surface area contributed by atoms with Gasteiger partial charge in [0.1, 0.15) is 5.82 Å². The van der Waals surface area contributed by atoms with Gasteiger partial charge in [0.25, 0.3) is 0 Å². The quantitative estimate of drug-likeness (QED) is 0.846. The highest BCUT2D eigenvalue weighted by atomic mass is 19.1. The molecule has 21 heavy (non-hydrogen) atoms. The lowest BCUT2D eigenvalue weighted by Gasteiger charge is -2.10. The second kappa shape index (κ2) is 7.02. The zero-order valence-corrected chi connectivity index (χ0v) is 12.1. The van der Waals surface area contributed by atoms with Crippen LogP contribution in [-0.4, -0.2) is 11.1 Å². The first-order chi connectivity index (χ1) is 10.1. The van der Waals surface area contributed by atoms with Gasteiger partial charge in [0, 0.05) is 12.0 Å². The van der Waals surface area contributed by atoms with Crippen molar-refractivity contribution in [2.24, 2.45) is 5.92 Å². The van der Waals surface area contributed by atoms with Gasteiger partial charge in [-0.25, -0.2) is 4.39 Å². The van der Waals surface area contributed by atoms with Gasteiger partial charge in [-0.1, -0.05) is 49.4 Å². The van der Waals surface area contributed by atoms with Gasteiger partial charge < -0.3 is 5.11 Å². The average molecular weight is 286 g/mol. The van der Waals surface area contributed by atoms with E-state index in [1.807, 2.05) is 37.3 Å². The molecule has 110 valence electrons. The van der Waals surface area contributed by atoms with Gasteiger partial charge in [-0.3, -0.25) is 4.79 Å². The van der Waals surface area contributed by atoms with Crippen molar-refractivity contribution < 1.29 is 14.3 Å². The van der Waals surface area contributed by atoms with Gasteiger partial charge in [-0.05, 0) is 36.0 Å². The van der Waals surface area contributed by atoms with Gasteiger partial charge in [0.2, 0.25) is 0 Å². The lowest BCUT2D eigenvalue weighted by Crippen LogP contribution is -2.05. The first-order valence-corrected chi connectivity index (χ1v) is 7.12. The van der Waals surface area contributed by atoms with Crippen LogP contribution in [-0.2, 0) is 11.2 Å². The van der Waals surface area contributed by atoms with E-state index in [1.54, 1.807) is 12.1 Å². The summed E-state index contributed by atoms with van der Waals surface area (Å²) >= 11 is 0. The molecule has 0 spiro atoms. The fourth-order valence-corrected chi connectivity index (χ4v) is 2.40. The van der Waals surface area contributed by atoms with Crippen LogP contribution < -0.4 is 0 Å². The number of benzene rings is 2. The molecule has 0 saturated heterocycles. The third-order valence-corrected chi connectivity index (χ3v) is 3.56. The van der Waals surface area contributed by atoms with Crippen LogP contribution >= 0.6 is 0 Å². The van der Waals surface area contributed by atoms with E-state index in [0.29, 0.717) is 5.56 Å². The predicted octanol–water partition coefficient (Wildman–Crippen LogP) is 4.54. The Morgan fingerprint density at radius 3 is 2.67 bits per heavy atom. The maximum atomic E-state index is 13.8. The number of aryl methyl sites for hydroxylation is 1. The highest BCUT2D eigenvalue weighted by Crippen LogP contribution is 2.24. The van der Waals surface area contributed by atoms with Crippen LogP contribution in [0.1, 0.15) is 25.3 Å². The Balaban J connectivity index is 2.08. The van der Waals surface area contributed by atoms with Crippen molar-refractivity contribution in [2.45, 2.75) is 26.2 Å². The van der Waals surface area contributed by atoms with E-state index in [4.69, 9.17) is 5.11 Å². The molecule has 0 fully saturated rings. The second-order valence-corrected chi connectivity index (χ2v) is 5.42. The standard InChI is InChI=1S/C18H19FO2/c1-13(11-18(20)21)9-10-14-5-4-6-15(12-14)16-7-2-3-8-17(16)19/h2-8,12-13H,9-11H2,1H3,(H,20,21). The average Bonchev–Trinajstić information content (AvgIpc) is 2.45. The summed E-state index contributed by atoms with van der Waals surface area (Å²) in [5.41, 5.74) is 2.56. The van der Waals surface area contributed by atoms with Gasteiger partial charge in [0.05, 0.1) is 0 Å². The van der Waals surface area contributed by atoms with Crippen molar-refractivity contribution in [3.63, 3.8) is 0 Å². The van der Waals surface area contributed by atoms with Crippen molar-refractivity contribution >= 4 is 5.97 Å². The van der Waals surface area contributed by atoms with Crippen LogP contribution in [0.15, 0.2) is 48.5 Å². The molecule has 1 atom stereocenters. The molecule has 0 heterocycles. The molecule has 0 saturated carbocycles. The first kappa shape index (κ1) is 15.2. The van der Waals surface area contributed by atoms with Crippen LogP contribution in [0.5, 0.6) is 0 Å². The minimum absolute atomic E-state index is 0.139. The fourth-order valence-electron chi connectivity index (χ4n) is 2.40. The number of carboxylic acids is 1. The molecule has 0 aliphatic heterocycles. The van der Waals surface area contributed by atoms with Crippen LogP contribution in [0, 0.1) is 11.7 Å². The van der Waals surface area contributed by atoms with E-state index in [1.165, 1.54) is 6.07 Å². The van der Waals surface area contributed by atoms with E-state index >= 15 is 0 Å². The number of hydrogen-bond acceptors (Lipinski definition) is 1. The van der Waals surface area contributed by atoms with Gasteiger partial charge >= 0.3 is 5.97 Å². The molecular weight excluding hydrogens is 267 g/mol. The summed E-state index contributed by atoms with van der Waals surface area (Å²) in [6.07, 6.45) is 1.80. The Morgan fingerprint density at radius 1 is 1.19 bits per heavy atom. The van der Waals surface area contributed by atoms with E-state index < -0.39 is 5.97 Å². The third kappa shape index (κ3) is 4.42. The van der Waals surface area contributed by atoms with Gasteiger partial charge in [-0.15, -0.1) is 0 Å². The Labute approximate surface area is 124 Å². The molecule has 2 aromatic rings. The van der Waals surface area contributed by atoms with E-state index in [9.17, 15) is 9.18 Å². The summed E-state index contributed by atoms with van der Waals surface area (Å²) in [6, 6.07) is 14.5. The first-order valence-electron chi connectivity index (χ1n) is 7.12. The van der Waals surface area contributed by atoms with Gasteiger partial charge in [0.15, 0.2) is 0 Å². The van der Waals surface area contributed by atoms with Gasteiger partial charge in [-0.2, -0.15) is 0 Å². The van der Waals surface area contributed by atoms with Crippen LogP contribution in [0.25, 0.3) is 11.1 Å². The summed E-state index contributed by atoms with van der Waals surface area (Å²) in [5.74, 6) is -0.851. The van der Waals surface area contributed by atoms with E-state index in [-0.39, 0.29) is 18.2 Å². The maximum Gasteiger partial charge on any atom is 0.303 e. The number of carboxylic acid groups (broad SMARTS) is 1. The van der Waals surface area contributed by atoms with Crippen LogP contribution in [0.4, 0.5) is 4.39 Å². The zero-order valence-electron chi connectivity index (χ0n) is 12.1. The molecule has 0 aromatic heterocycles. The SMILES string of the molecule is CC(CCc1cccc(-c2ccccc2F)c1)CC(=O)O. The number of aliphatic carboxylic acids is 1. The van der Waals surface area contributed by atoms with Crippen LogP contribution in [0.3, 0.4) is 0 Å². The molecule has 3 heteroatoms. The lowest BCUT2D eigenvalue weighted by atomic mass is 9.96. The highest BCUT2D eigenvalue weighted by molar-refractivity contribution is 5.67. The normalized spacial score (nSPS) is 12.1. The zero-order chi connectivity index (χ0) is 15.2. The number of carbonyl (C=O) groups is 1. The second-order valence-electron chi connectivity index (χ2n) is 5.42. The maximum absolute atomic E-state index is 13.8. The van der Waals surface area contributed by atoms with E-state index in [0.717, 1.165) is 24.0 Å². The molecule has 1 N–H and O–H groups in total.